The van der Waals surface area contributed by atoms with Crippen molar-refractivity contribution >= 4 is 17.7 Å². The van der Waals surface area contributed by atoms with Gasteiger partial charge >= 0.3 is 0 Å². The van der Waals surface area contributed by atoms with Gasteiger partial charge in [-0.05, 0) is 50.7 Å². The molecule has 0 aromatic carbocycles. The Morgan fingerprint density at radius 3 is 2.58 bits per heavy atom. The number of ether oxygens (including phenoxy) is 1. The van der Waals surface area contributed by atoms with E-state index in [1.807, 2.05) is 11.8 Å². The molecule has 0 N–H and O–H groups in total. The Hall–Kier alpha value is -0.290. The van der Waals surface area contributed by atoms with Crippen molar-refractivity contribution in [1.82, 2.24) is 4.90 Å². The molecule has 2 aliphatic carbocycles. The molecule has 0 aromatic heterocycles. The smallest absolute Gasteiger partial charge is 0.248 e. The number of thioether (sulfide) groups is 1. The number of carbonyl (C=O) groups is 1. The molecule has 3 unspecified atom stereocenters. The van der Waals surface area contributed by atoms with Gasteiger partial charge in [0.2, 0.25) is 5.91 Å². The van der Waals surface area contributed by atoms with Crippen LogP contribution in [0, 0.1) is 0 Å². The summed E-state index contributed by atoms with van der Waals surface area (Å²) in [5, 5.41) is 0.598. The average Bonchev–Trinajstić information content (AvgIpc) is 3.12. The van der Waals surface area contributed by atoms with E-state index in [0.717, 1.165) is 32.2 Å². The van der Waals surface area contributed by atoms with Crippen molar-refractivity contribution in [2.45, 2.75) is 94.2 Å². The van der Waals surface area contributed by atoms with E-state index >= 15 is 0 Å². The van der Waals surface area contributed by atoms with Gasteiger partial charge < -0.3 is 9.64 Å². The summed E-state index contributed by atoms with van der Waals surface area (Å²) >= 11 is 2.01. The molecule has 3 fully saturated rings. The lowest BCUT2D eigenvalue weighted by Crippen LogP contribution is -2.46. The third-order valence-electron chi connectivity index (χ3n) is 5.76. The van der Waals surface area contributed by atoms with Crippen LogP contribution in [-0.4, -0.2) is 53.3 Å². The van der Waals surface area contributed by atoms with E-state index in [0.29, 0.717) is 24.1 Å². The first kappa shape index (κ1) is 18.5. The standard InChI is InChI=1S/C19H32FNO2S/c20-15-6-4-9-17(12-15)23-14-19(22)21(13-18-10-5-11-24-18)16-7-2-1-3-8-16/h15-18H,1-14H2. The van der Waals surface area contributed by atoms with Gasteiger partial charge in [-0.25, -0.2) is 4.39 Å². The van der Waals surface area contributed by atoms with Gasteiger partial charge in [0.25, 0.3) is 0 Å². The van der Waals surface area contributed by atoms with Crippen LogP contribution >= 0.6 is 11.8 Å². The summed E-state index contributed by atoms with van der Waals surface area (Å²) in [6.45, 7) is 1.03. The lowest BCUT2D eigenvalue weighted by Gasteiger charge is -2.36. The van der Waals surface area contributed by atoms with Gasteiger partial charge in [0.15, 0.2) is 0 Å². The number of hydrogen-bond acceptors (Lipinski definition) is 3. The number of rotatable bonds is 6. The molecule has 2 saturated carbocycles. The summed E-state index contributed by atoms with van der Waals surface area (Å²) in [5.74, 6) is 1.36. The highest BCUT2D eigenvalue weighted by atomic mass is 32.2. The second-order valence-electron chi connectivity index (χ2n) is 7.67. The summed E-state index contributed by atoms with van der Waals surface area (Å²) in [6.07, 6.45) is 10.6. The molecule has 24 heavy (non-hydrogen) atoms. The fourth-order valence-corrected chi connectivity index (χ4v) is 5.63. The Labute approximate surface area is 150 Å². The summed E-state index contributed by atoms with van der Waals surface area (Å²) in [7, 11) is 0. The highest BCUT2D eigenvalue weighted by molar-refractivity contribution is 8.00. The molecule has 0 spiro atoms. The van der Waals surface area contributed by atoms with Crippen molar-refractivity contribution in [3.05, 3.63) is 0 Å². The fraction of sp³-hybridized carbons (Fsp3) is 0.947. The number of halogens is 1. The van der Waals surface area contributed by atoms with Crippen LogP contribution in [0.4, 0.5) is 4.39 Å². The molecular weight excluding hydrogens is 325 g/mol. The molecule has 3 aliphatic rings. The van der Waals surface area contributed by atoms with Gasteiger partial charge in [-0.3, -0.25) is 4.79 Å². The Morgan fingerprint density at radius 2 is 1.88 bits per heavy atom. The summed E-state index contributed by atoms with van der Waals surface area (Å²) in [5.41, 5.74) is 0. The normalized spacial score (nSPS) is 32.0. The molecule has 1 heterocycles. The molecule has 0 bridgehead atoms. The minimum Gasteiger partial charge on any atom is -0.368 e. The molecule has 0 radical (unpaired) electrons. The van der Waals surface area contributed by atoms with Gasteiger partial charge in [0.1, 0.15) is 12.8 Å². The van der Waals surface area contributed by atoms with E-state index in [4.69, 9.17) is 4.74 Å². The third-order valence-corrected chi connectivity index (χ3v) is 7.15. The average molecular weight is 358 g/mol. The Bertz CT molecular complexity index is 397. The topological polar surface area (TPSA) is 29.5 Å². The molecule has 1 aliphatic heterocycles. The molecule has 3 nitrogen and oxygen atoms in total. The van der Waals surface area contributed by atoms with Crippen molar-refractivity contribution in [3.63, 3.8) is 0 Å². The third kappa shape index (κ3) is 5.35. The zero-order chi connectivity index (χ0) is 16.8. The monoisotopic (exact) mass is 357 g/mol. The van der Waals surface area contributed by atoms with Crippen LogP contribution < -0.4 is 0 Å². The minimum atomic E-state index is -0.747. The van der Waals surface area contributed by atoms with E-state index < -0.39 is 6.17 Å². The maximum atomic E-state index is 13.5. The highest BCUT2D eigenvalue weighted by Gasteiger charge is 2.30. The van der Waals surface area contributed by atoms with Crippen LogP contribution in [0.2, 0.25) is 0 Å². The maximum Gasteiger partial charge on any atom is 0.248 e. The summed E-state index contributed by atoms with van der Waals surface area (Å²) < 4.78 is 19.3. The van der Waals surface area contributed by atoms with Crippen LogP contribution in [0.1, 0.15) is 70.6 Å². The van der Waals surface area contributed by atoms with E-state index in [1.54, 1.807) is 0 Å². The molecule has 1 saturated heterocycles. The largest absolute Gasteiger partial charge is 0.368 e. The SMILES string of the molecule is O=C(COC1CCCC(F)C1)N(CC1CCCS1)C1CCCCC1. The van der Waals surface area contributed by atoms with Gasteiger partial charge in [-0.1, -0.05) is 19.3 Å². The van der Waals surface area contributed by atoms with Crippen LogP contribution in [0.25, 0.3) is 0 Å². The van der Waals surface area contributed by atoms with E-state index in [1.165, 1.54) is 37.9 Å². The highest BCUT2D eigenvalue weighted by Crippen LogP contribution is 2.30. The first-order valence-corrected chi connectivity index (χ1v) is 10.9. The van der Waals surface area contributed by atoms with Gasteiger partial charge in [0, 0.05) is 24.3 Å². The predicted octanol–water partition coefficient (Wildman–Crippen LogP) is 4.34. The van der Waals surface area contributed by atoms with Crippen molar-refractivity contribution in [2.75, 3.05) is 18.9 Å². The van der Waals surface area contributed by atoms with Crippen molar-refractivity contribution in [1.29, 1.82) is 0 Å². The molecule has 1 amide bonds. The van der Waals surface area contributed by atoms with Crippen LogP contribution in [0.15, 0.2) is 0 Å². The first-order chi connectivity index (χ1) is 11.7. The second kappa shape index (κ2) is 9.42. The Morgan fingerprint density at radius 1 is 1.04 bits per heavy atom. The number of amides is 1. The number of nitrogens with zero attached hydrogens (tertiary/aromatic N) is 1. The quantitative estimate of drug-likeness (QED) is 0.708. The summed E-state index contributed by atoms with van der Waals surface area (Å²) in [4.78, 5) is 15.0. The van der Waals surface area contributed by atoms with E-state index in [9.17, 15) is 9.18 Å². The lowest BCUT2D eigenvalue weighted by molar-refractivity contribution is -0.142. The zero-order valence-electron chi connectivity index (χ0n) is 14.8. The van der Waals surface area contributed by atoms with Gasteiger partial charge in [-0.2, -0.15) is 11.8 Å². The maximum absolute atomic E-state index is 13.5. The molecular formula is C19H32FNO2S. The van der Waals surface area contributed by atoms with Crippen LogP contribution in [-0.2, 0) is 9.53 Å². The van der Waals surface area contributed by atoms with Crippen LogP contribution in [0.3, 0.4) is 0 Å². The number of alkyl halides is 1. The Kier molecular flexibility index (Phi) is 7.26. The zero-order valence-corrected chi connectivity index (χ0v) is 15.6. The number of carbonyl (C=O) groups excluding carboxylic acids is 1. The molecule has 138 valence electrons. The Balaban J connectivity index is 1.53. The van der Waals surface area contributed by atoms with Crippen molar-refractivity contribution in [2.24, 2.45) is 0 Å². The van der Waals surface area contributed by atoms with Crippen LogP contribution in [0.5, 0.6) is 0 Å². The van der Waals surface area contributed by atoms with E-state index in [2.05, 4.69) is 4.90 Å². The molecule has 0 aromatic rings. The molecule has 3 rings (SSSR count). The fourth-order valence-electron chi connectivity index (χ4n) is 4.37. The van der Waals surface area contributed by atoms with Crippen molar-refractivity contribution in [3.8, 4) is 0 Å². The number of hydrogen-bond donors (Lipinski definition) is 0. The van der Waals surface area contributed by atoms with Crippen molar-refractivity contribution < 1.29 is 13.9 Å². The molecule has 3 atom stereocenters. The molecule has 5 heteroatoms. The summed E-state index contributed by atoms with van der Waals surface area (Å²) in [6, 6.07) is 0.399. The van der Waals surface area contributed by atoms with Gasteiger partial charge in [-0.15, -0.1) is 0 Å². The lowest BCUT2D eigenvalue weighted by atomic mass is 9.94. The first-order valence-electron chi connectivity index (χ1n) is 9.89. The van der Waals surface area contributed by atoms with Gasteiger partial charge in [0.05, 0.1) is 6.10 Å². The predicted molar refractivity (Wildman–Crippen MR) is 97.2 cm³/mol. The second-order valence-corrected chi connectivity index (χ2v) is 9.08. The van der Waals surface area contributed by atoms with E-state index in [-0.39, 0.29) is 18.6 Å². The minimum absolute atomic E-state index is 0.0632.